The average Bonchev–Trinajstić information content (AvgIpc) is 2.41. The Balaban J connectivity index is 2.10. The largest absolute Gasteiger partial charge is 0.288 e. The van der Waals surface area contributed by atoms with Crippen molar-refractivity contribution in [2.24, 2.45) is 0 Å². The summed E-state index contributed by atoms with van der Waals surface area (Å²) in [5.74, 6) is 0.844. The smallest absolute Gasteiger partial charge is 0.185 e. The van der Waals surface area contributed by atoms with Gasteiger partial charge < -0.3 is 0 Å². The van der Waals surface area contributed by atoms with Gasteiger partial charge in [0.2, 0.25) is 0 Å². The van der Waals surface area contributed by atoms with Crippen LogP contribution in [0.1, 0.15) is 24.5 Å². The number of pyridine rings is 1. The van der Waals surface area contributed by atoms with Gasteiger partial charge in [-0.25, -0.2) is 0 Å². The summed E-state index contributed by atoms with van der Waals surface area (Å²) in [7, 11) is 0. The van der Waals surface area contributed by atoms with Gasteiger partial charge in [-0.05, 0) is 30.5 Å². The first-order chi connectivity index (χ1) is 9.18. The molecule has 1 aromatic heterocycles. The number of thioether (sulfide) groups is 1. The minimum atomic E-state index is 0.180. The molecule has 2 rings (SSSR count). The molecule has 0 N–H and O–H groups in total. The zero-order valence-corrected chi connectivity index (χ0v) is 12.0. The number of carbonyl (C=O) groups excluding carboxylic acids is 1. The van der Waals surface area contributed by atoms with Gasteiger partial charge in [0, 0.05) is 24.3 Å². The van der Waals surface area contributed by atoms with Gasteiger partial charge in [-0.3, -0.25) is 9.78 Å². The van der Waals surface area contributed by atoms with Crippen molar-refractivity contribution in [3.05, 3.63) is 47.7 Å². The average molecular weight is 271 g/mol. The third-order valence-corrected chi connectivity index (χ3v) is 3.80. The van der Waals surface area contributed by atoms with Crippen LogP contribution >= 0.6 is 11.8 Å². The van der Waals surface area contributed by atoms with Gasteiger partial charge in [-0.2, -0.15) is 0 Å². The summed E-state index contributed by atoms with van der Waals surface area (Å²) in [6.45, 7) is 3.70. The first kappa shape index (κ1) is 13.8. The molecule has 0 aliphatic rings. The zero-order chi connectivity index (χ0) is 13.7. The lowest BCUT2D eigenvalue weighted by Gasteiger charge is -2.04. The molecule has 0 saturated carbocycles. The molecule has 0 atom stereocenters. The van der Waals surface area contributed by atoms with Crippen LogP contribution in [0, 0.1) is 6.92 Å². The number of nitrogens with zero attached hydrogens (tertiary/aromatic N) is 1. The highest BCUT2D eigenvalue weighted by Gasteiger charge is 2.01. The number of allylic oxidation sites excluding steroid dienone is 1. The Bertz CT molecular complexity index is 619. The molecule has 0 radical (unpaired) electrons. The minimum Gasteiger partial charge on any atom is -0.288 e. The molecule has 0 fully saturated rings. The number of aromatic nitrogens is 1. The molecular formula is C16H17NOS. The summed E-state index contributed by atoms with van der Waals surface area (Å²) in [5.41, 5.74) is 3.45. The normalized spacial score (nSPS) is 11.3. The molecule has 0 amide bonds. The Morgan fingerprint density at radius 2 is 2.21 bits per heavy atom. The second-order valence-electron chi connectivity index (χ2n) is 4.39. The van der Waals surface area contributed by atoms with Gasteiger partial charge in [0.05, 0.1) is 5.52 Å². The Morgan fingerprint density at radius 1 is 1.37 bits per heavy atom. The Hall–Kier alpha value is -1.61. The predicted molar refractivity (Wildman–Crippen MR) is 83.3 cm³/mol. The van der Waals surface area contributed by atoms with Gasteiger partial charge in [-0.1, -0.05) is 42.1 Å². The molecule has 0 aliphatic carbocycles. The lowest BCUT2D eigenvalue weighted by atomic mass is 10.0. The van der Waals surface area contributed by atoms with Gasteiger partial charge in [0.25, 0.3) is 0 Å². The predicted octanol–water partition coefficient (Wildman–Crippen LogP) is 4.23. The maximum absolute atomic E-state index is 10.8. The number of aryl methyl sites for hydroxylation is 1. The minimum absolute atomic E-state index is 0.180. The molecule has 0 saturated heterocycles. The van der Waals surface area contributed by atoms with Crippen LogP contribution < -0.4 is 0 Å². The van der Waals surface area contributed by atoms with E-state index in [1.54, 1.807) is 6.92 Å². The molecule has 2 aromatic rings. The quantitative estimate of drug-likeness (QED) is 0.780. The topological polar surface area (TPSA) is 30.0 Å². The van der Waals surface area contributed by atoms with Crippen molar-refractivity contribution in [3.63, 3.8) is 0 Å². The molecule has 1 heterocycles. The number of benzene rings is 1. The molecular weight excluding hydrogens is 254 g/mol. The van der Waals surface area contributed by atoms with Crippen LogP contribution in [0.4, 0.5) is 0 Å². The maximum Gasteiger partial charge on any atom is 0.185 e. The molecule has 0 spiro atoms. The van der Waals surface area contributed by atoms with Crippen molar-refractivity contribution in [2.75, 3.05) is 5.75 Å². The molecule has 0 unspecified atom stereocenters. The van der Waals surface area contributed by atoms with Crippen molar-refractivity contribution in [1.82, 2.24) is 4.98 Å². The highest BCUT2D eigenvalue weighted by atomic mass is 32.2. The second-order valence-corrected chi connectivity index (χ2v) is 5.66. The molecule has 0 aliphatic heterocycles. The number of fused-ring (bicyclic) bond motifs is 1. The van der Waals surface area contributed by atoms with E-state index in [2.05, 4.69) is 42.3 Å². The molecule has 0 bridgehead atoms. The molecule has 3 heteroatoms. The van der Waals surface area contributed by atoms with Crippen molar-refractivity contribution in [1.29, 1.82) is 0 Å². The highest BCUT2D eigenvalue weighted by molar-refractivity contribution is 8.13. The van der Waals surface area contributed by atoms with E-state index < -0.39 is 0 Å². The summed E-state index contributed by atoms with van der Waals surface area (Å²) in [4.78, 5) is 15.2. The van der Waals surface area contributed by atoms with E-state index in [0.29, 0.717) is 0 Å². The van der Waals surface area contributed by atoms with E-state index in [-0.39, 0.29) is 5.12 Å². The van der Waals surface area contributed by atoms with E-state index in [1.807, 2.05) is 12.3 Å². The summed E-state index contributed by atoms with van der Waals surface area (Å²) in [5, 5.41) is 1.35. The second kappa shape index (κ2) is 6.53. The molecule has 98 valence electrons. The van der Waals surface area contributed by atoms with Crippen LogP contribution in [-0.2, 0) is 4.79 Å². The van der Waals surface area contributed by atoms with Crippen LogP contribution in [0.2, 0.25) is 0 Å². The van der Waals surface area contributed by atoms with Crippen LogP contribution in [-0.4, -0.2) is 15.9 Å². The summed E-state index contributed by atoms with van der Waals surface area (Å²) in [6, 6.07) is 8.25. The Kier molecular flexibility index (Phi) is 4.74. The fourth-order valence-corrected chi connectivity index (χ4v) is 2.51. The summed E-state index contributed by atoms with van der Waals surface area (Å²) in [6.07, 6.45) is 6.97. The molecule has 19 heavy (non-hydrogen) atoms. The van der Waals surface area contributed by atoms with E-state index in [9.17, 15) is 4.79 Å². The summed E-state index contributed by atoms with van der Waals surface area (Å²) >= 11 is 1.37. The first-order valence-corrected chi connectivity index (χ1v) is 7.31. The van der Waals surface area contributed by atoms with E-state index in [0.717, 1.165) is 17.7 Å². The Labute approximate surface area is 117 Å². The first-order valence-electron chi connectivity index (χ1n) is 6.33. The number of carbonyl (C=O) groups is 1. The van der Waals surface area contributed by atoms with Crippen LogP contribution in [0.25, 0.3) is 17.0 Å². The van der Waals surface area contributed by atoms with Crippen molar-refractivity contribution in [3.8, 4) is 0 Å². The lowest BCUT2D eigenvalue weighted by molar-refractivity contribution is -0.109. The number of hydrogen-bond acceptors (Lipinski definition) is 3. The molecule has 2 nitrogen and oxygen atoms in total. The summed E-state index contributed by atoms with van der Waals surface area (Å²) < 4.78 is 0. The van der Waals surface area contributed by atoms with Gasteiger partial charge in [0.15, 0.2) is 5.12 Å². The SMILES string of the molecule is CC(=O)SCCC=Cc1ccc2cccnc2c1C. The molecule has 1 aromatic carbocycles. The van der Waals surface area contributed by atoms with Crippen molar-refractivity contribution >= 4 is 33.9 Å². The van der Waals surface area contributed by atoms with E-state index in [1.165, 1.54) is 28.3 Å². The van der Waals surface area contributed by atoms with Gasteiger partial charge in [-0.15, -0.1) is 0 Å². The maximum atomic E-state index is 10.8. The van der Waals surface area contributed by atoms with Crippen LogP contribution in [0.3, 0.4) is 0 Å². The third-order valence-electron chi connectivity index (χ3n) is 2.96. The van der Waals surface area contributed by atoms with Crippen LogP contribution in [0.15, 0.2) is 36.5 Å². The lowest BCUT2D eigenvalue weighted by Crippen LogP contribution is -1.87. The fourth-order valence-electron chi connectivity index (χ4n) is 1.97. The number of rotatable bonds is 4. The van der Waals surface area contributed by atoms with Gasteiger partial charge in [0.1, 0.15) is 0 Å². The van der Waals surface area contributed by atoms with Crippen molar-refractivity contribution in [2.45, 2.75) is 20.3 Å². The third kappa shape index (κ3) is 3.67. The van der Waals surface area contributed by atoms with E-state index in [4.69, 9.17) is 0 Å². The fraction of sp³-hybridized carbons (Fsp3) is 0.250. The standard InChI is InChI=1S/C16H17NOS/c1-12-14(6-3-4-11-19-13(2)18)8-9-15-7-5-10-17-16(12)15/h3,5-10H,4,11H2,1-2H3. The van der Waals surface area contributed by atoms with Crippen LogP contribution in [0.5, 0.6) is 0 Å². The Morgan fingerprint density at radius 3 is 3.00 bits per heavy atom. The zero-order valence-electron chi connectivity index (χ0n) is 11.2. The van der Waals surface area contributed by atoms with Gasteiger partial charge >= 0.3 is 0 Å². The number of hydrogen-bond donors (Lipinski definition) is 0. The van der Waals surface area contributed by atoms with Crippen molar-refractivity contribution < 1.29 is 4.79 Å². The highest BCUT2D eigenvalue weighted by Crippen LogP contribution is 2.20. The van der Waals surface area contributed by atoms with E-state index >= 15 is 0 Å². The monoisotopic (exact) mass is 271 g/mol.